The molecule has 0 bridgehead atoms. The number of hydrogen-bond donors (Lipinski definition) is 0. The van der Waals surface area contributed by atoms with Crippen molar-refractivity contribution < 1.29 is 13.2 Å². The van der Waals surface area contributed by atoms with Crippen molar-refractivity contribution >= 4 is 15.9 Å². The second kappa shape index (κ2) is 6.52. The molecule has 0 heterocycles. The summed E-state index contributed by atoms with van der Waals surface area (Å²) < 4.78 is 24.6. The van der Waals surface area contributed by atoms with E-state index in [1.54, 1.807) is 11.9 Å². The molecular formula is C12H24N2O3S. The number of unbranched alkanes of at least 4 members (excludes halogenated alkanes) is 1. The number of nitrogens with zero attached hydrogens (tertiary/aromatic N) is 2. The highest BCUT2D eigenvalue weighted by Crippen LogP contribution is 2.28. The van der Waals surface area contributed by atoms with Crippen molar-refractivity contribution in [3.63, 3.8) is 0 Å². The van der Waals surface area contributed by atoms with Crippen LogP contribution in [0.2, 0.25) is 0 Å². The van der Waals surface area contributed by atoms with Gasteiger partial charge in [0.05, 0.1) is 6.26 Å². The number of amides is 1. The molecule has 0 aromatic carbocycles. The van der Waals surface area contributed by atoms with Crippen molar-refractivity contribution in [2.24, 2.45) is 0 Å². The molecular weight excluding hydrogens is 252 g/mol. The number of rotatable bonds is 8. The summed E-state index contributed by atoms with van der Waals surface area (Å²) in [7, 11) is -1.40. The summed E-state index contributed by atoms with van der Waals surface area (Å²) in [5.74, 6) is 0.0257. The van der Waals surface area contributed by atoms with Gasteiger partial charge in [0.1, 0.15) is 0 Å². The lowest BCUT2D eigenvalue weighted by Crippen LogP contribution is -2.36. The molecule has 0 atom stereocenters. The summed E-state index contributed by atoms with van der Waals surface area (Å²) >= 11 is 0. The molecule has 0 aromatic rings. The fraction of sp³-hybridized carbons (Fsp3) is 0.917. The van der Waals surface area contributed by atoms with Crippen LogP contribution in [-0.4, -0.2) is 56.0 Å². The highest BCUT2D eigenvalue weighted by atomic mass is 32.2. The van der Waals surface area contributed by atoms with E-state index in [1.807, 2.05) is 0 Å². The number of carbonyl (C=O) groups is 1. The van der Waals surface area contributed by atoms with Gasteiger partial charge >= 0.3 is 0 Å². The van der Waals surface area contributed by atoms with Crippen molar-refractivity contribution in [2.45, 2.75) is 45.1 Å². The molecule has 1 rings (SSSR count). The molecule has 0 saturated heterocycles. The van der Waals surface area contributed by atoms with Gasteiger partial charge in [-0.05, 0) is 19.3 Å². The Morgan fingerprint density at radius 1 is 1.28 bits per heavy atom. The van der Waals surface area contributed by atoms with Gasteiger partial charge in [-0.15, -0.1) is 0 Å². The summed E-state index contributed by atoms with van der Waals surface area (Å²) in [5, 5.41) is 0. The molecule has 106 valence electrons. The molecule has 6 heteroatoms. The standard InChI is InChI=1S/C12H24N2O3S/c1-4-5-9-13(2)12(15)8-10-14(11-6-7-11)18(3,16)17/h11H,4-10H2,1-3H3. The molecule has 1 aliphatic rings. The maximum atomic E-state index is 11.8. The van der Waals surface area contributed by atoms with Crippen LogP contribution in [0.1, 0.15) is 39.0 Å². The van der Waals surface area contributed by atoms with Gasteiger partial charge in [0.2, 0.25) is 15.9 Å². The smallest absolute Gasteiger partial charge is 0.223 e. The third-order valence-electron chi connectivity index (χ3n) is 3.20. The Labute approximate surface area is 110 Å². The van der Waals surface area contributed by atoms with E-state index in [-0.39, 0.29) is 18.4 Å². The van der Waals surface area contributed by atoms with Crippen LogP contribution in [0.25, 0.3) is 0 Å². The molecule has 18 heavy (non-hydrogen) atoms. The minimum atomic E-state index is -3.18. The van der Waals surface area contributed by atoms with Crippen LogP contribution in [0.4, 0.5) is 0 Å². The summed E-state index contributed by atoms with van der Waals surface area (Å²) in [6.45, 7) is 3.15. The van der Waals surface area contributed by atoms with E-state index in [4.69, 9.17) is 0 Å². The zero-order valence-corrected chi connectivity index (χ0v) is 12.4. The second-order valence-electron chi connectivity index (χ2n) is 5.02. The third kappa shape index (κ3) is 4.94. The van der Waals surface area contributed by atoms with E-state index >= 15 is 0 Å². The first-order valence-electron chi connectivity index (χ1n) is 6.57. The van der Waals surface area contributed by atoms with E-state index in [1.165, 1.54) is 10.6 Å². The van der Waals surface area contributed by atoms with Gasteiger partial charge in [-0.1, -0.05) is 13.3 Å². The van der Waals surface area contributed by atoms with Gasteiger partial charge in [0.15, 0.2) is 0 Å². The van der Waals surface area contributed by atoms with Gasteiger partial charge in [0.25, 0.3) is 0 Å². The first-order chi connectivity index (χ1) is 8.36. The molecule has 0 unspecified atom stereocenters. The summed E-state index contributed by atoms with van der Waals surface area (Å²) in [6, 6.07) is 0.133. The van der Waals surface area contributed by atoms with Gasteiger partial charge in [-0.25, -0.2) is 8.42 Å². The van der Waals surface area contributed by atoms with Crippen LogP contribution in [0, 0.1) is 0 Å². The fourth-order valence-corrected chi connectivity index (χ4v) is 3.07. The highest BCUT2D eigenvalue weighted by Gasteiger charge is 2.34. The monoisotopic (exact) mass is 276 g/mol. The number of hydrogen-bond acceptors (Lipinski definition) is 3. The SMILES string of the molecule is CCCCN(C)C(=O)CCN(C1CC1)S(C)(=O)=O. The molecule has 0 aromatic heterocycles. The minimum absolute atomic E-state index is 0.0257. The van der Waals surface area contributed by atoms with Crippen molar-refractivity contribution in [1.82, 2.24) is 9.21 Å². The van der Waals surface area contributed by atoms with Crippen LogP contribution >= 0.6 is 0 Å². The molecule has 0 radical (unpaired) electrons. The molecule has 1 saturated carbocycles. The Kier molecular flexibility index (Phi) is 5.59. The average Bonchev–Trinajstić information content (AvgIpc) is 3.08. The largest absolute Gasteiger partial charge is 0.346 e. The van der Waals surface area contributed by atoms with Crippen LogP contribution in [0.15, 0.2) is 0 Å². The Morgan fingerprint density at radius 3 is 2.33 bits per heavy atom. The topological polar surface area (TPSA) is 57.7 Å². The van der Waals surface area contributed by atoms with E-state index < -0.39 is 10.0 Å². The van der Waals surface area contributed by atoms with Gasteiger partial charge < -0.3 is 4.90 Å². The normalized spacial score (nSPS) is 16.0. The maximum Gasteiger partial charge on any atom is 0.223 e. The summed E-state index contributed by atoms with van der Waals surface area (Å²) in [5.41, 5.74) is 0. The van der Waals surface area contributed by atoms with Crippen molar-refractivity contribution in [1.29, 1.82) is 0 Å². The first-order valence-corrected chi connectivity index (χ1v) is 8.42. The van der Waals surface area contributed by atoms with E-state index in [9.17, 15) is 13.2 Å². The molecule has 5 nitrogen and oxygen atoms in total. The Bertz CT molecular complexity index is 377. The molecule has 1 amide bonds. The fourth-order valence-electron chi connectivity index (χ4n) is 1.90. The van der Waals surface area contributed by atoms with Gasteiger partial charge in [-0.2, -0.15) is 4.31 Å². The van der Waals surface area contributed by atoms with Crippen molar-refractivity contribution in [3.8, 4) is 0 Å². The lowest BCUT2D eigenvalue weighted by Gasteiger charge is -2.21. The van der Waals surface area contributed by atoms with E-state index in [2.05, 4.69) is 6.92 Å². The lowest BCUT2D eigenvalue weighted by molar-refractivity contribution is -0.130. The third-order valence-corrected chi connectivity index (χ3v) is 4.53. The van der Waals surface area contributed by atoms with E-state index in [0.29, 0.717) is 6.54 Å². The minimum Gasteiger partial charge on any atom is -0.346 e. The Balaban J connectivity index is 2.40. The molecule has 0 spiro atoms. The van der Waals surface area contributed by atoms with Crippen LogP contribution < -0.4 is 0 Å². The highest BCUT2D eigenvalue weighted by molar-refractivity contribution is 7.88. The zero-order valence-electron chi connectivity index (χ0n) is 11.6. The van der Waals surface area contributed by atoms with Crippen molar-refractivity contribution in [2.75, 3.05) is 26.4 Å². The van der Waals surface area contributed by atoms with E-state index in [0.717, 1.165) is 32.2 Å². The Hall–Kier alpha value is -0.620. The predicted molar refractivity (Wildman–Crippen MR) is 71.7 cm³/mol. The summed E-state index contributed by atoms with van der Waals surface area (Å²) in [4.78, 5) is 13.5. The van der Waals surface area contributed by atoms with Crippen LogP contribution in [-0.2, 0) is 14.8 Å². The molecule has 0 N–H and O–H groups in total. The Morgan fingerprint density at radius 2 is 1.89 bits per heavy atom. The van der Waals surface area contributed by atoms with Crippen LogP contribution in [0.5, 0.6) is 0 Å². The number of sulfonamides is 1. The van der Waals surface area contributed by atoms with Crippen molar-refractivity contribution in [3.05, 3.63) is 0 Å². The number of carbonyl (C=O) groups excluding carboxylic acids is 1. The second-order valence-corrected chi connectivity index (χ2v) is 6.96. The zero-order chi connectivity index (χ0) is 13.8. The average molecular weight is 276 g/mol. The van der Waals surface area contributed by atoms with Gasteiger partial charge in [0, 0.05) is 32.6 Å². The van der Waals surface area contributed by atoms with Crippen LogP contribution in [0.3, 0.4) is 0 Å². The summed E-state index contributed by atoms with van der Waals surface area (Å²) in [6.07, 6.45) is 5.38. The molecule has 0 aliphatic heterocycles. The van der Waals surface area contributed by atoms with Gasteiger partial charge in [-0.3, -0.25) is 4.79 Å². The molecule has 1 fully saturated rings. The molecule has 1 aliphatic carbocycles. The first kappa shape index (κ1) is 15.4. The maximum absolute atomic E-state index is 11.8. The predicted octanol–water partition coefficient (Wildman–Crippen LogP) is 1.06. The lowest BCUT2D eigenvalue weighted by atomic mass is 10.3. The quantitative estimate of drug-likeness (QED) is 0.666.